The maximum absolute atomic E-state index is 14.5. The molecule has 0 saturated carbocycles. The fraction of sp³-hybridized carbons (Fsp3) is 0.190. The zero-order valence-electron chi connectivity index (χ0n) is 17.7. The fourth-order valence-corrected chi connectivity index (χ4v) is 5.12. The Bertz CT molecular complexity index is 1520. The monoisotopic (exact) mass is 509 g/mol. The van der Waals surface area contributed by atoms with Crippen LogP contribution < -0.4 is 27.0 Å². The number of alkyl halides is 3. The number of nitrogens with one attached hydrogen (secondary N) is 3. The normalized spacial score (nSPS) is 17.7. The maximum Gasteiger partial charge on any atom is 0.421 e. The molecule has 1 amide bonds. The number of fused-ring (bicyclic) bond motifs is 1. The maximum atomic E-state index is 14.5. The first-order valence-electron chi connectivity index (χ1n) is 10.1. The molecule has 0 spiro atoms. The molecule has 3 aromatic rings. The van der Waals surface area contributed by atoms with Crippen LogP contribution in [0.25, 0.3) is 0 Å². The summed E-state index contributed by atoms with van der Waals surface area (Å²) < 4.78 is 71.3. The van der Waals surface area contributed by atoms with E-state index in [1.807, 2.05) is 5.32 Å². The highest BCUT2D eigenvalue weighted by Crippen LogP contribution is 2.45. The molecule has 35 heavy (non-hydrogen) atoms. The van der Waals surface area contributed by atoms with Crippen LogP contribution in [0.1, 0.15) is 11.1 Å². The number of hydrogen-bond acceptors (Lipinski definition) is 6. The highest BCUT2D eigenvalue weighted by molar-refractivity contribution is 7.89. The van der Waals surface area contributed by atoms with E-state index in [9.17, 15) is 36.0 Å². The summed E-state index contributed by atoms with van der Waals surface area (Å²) in [5.74, 6) is -2.61. The third-order valence-electron chi connectivity index (χ3n) is 5.52. The lowest BCUT2D eigenvalue weighted by molar-refractivity contribution is -0.194. The van der Waals surface area contributed by atoms with Gasteiger partial charge in [-0.25, -0.2) is 13.2 Å². The third kappa shape index (κ3) is 4.10. The van der Waals surface area contributed by atoms with Crippen molar-refractivity contribution in [1.29, 1.82) is 0 Å². The molecule has 0 aliphatic carbocycles. The lowest BCUT2D eigenvalue weighted by Crippen LogP contribution is -2.61. The molecule has 1 aromatic heterocycles. The van der Waals surface area contributed by atoms with Crippen molar-refractivity contribution >= 4 is 27.4 Å². The van der Waals surface area contributed by atoms with Crippen LogP contribution in [0.4, 0.5) is 24.7 Å². The second kappa shape index (κ2) is 8.39. The number of H-pyrrole nitrogens is 1. The van der Waals surface area contributed by atoms with E-state index in [0.29, 0.717) is 0 Å². The number of hydrogen-bond donors (Lipinski definition) is 4. The van der Waals surface area contributed by atoms with Gasteiger partial charge < -0.3 is 11.1 Å². The van der Waals surface area contributed by atoms with Gasteiger partial charge in [-0.05, 0) is 36.2 Å². The molecule has 10 nitrogen and oxygen atoms in total. The number of aryl methyl sites for hydroxylation is 1. The van der Waals surface area contributed by atoms with E-state index in [2.05, 4.69) is 0 Å². The first-order valence-corrected chi connectivity index (χ1v) is 11.5. The summed E-state index contributed by atoms with van der Waals surface area (Å²) >= 11 is 0. The van der Waals surface area contributed by atoms with Gasteiger partial charge in [-0.15, -0.1) is 0 Å². The van der Waals surface area contributed by atoms with Crippen LogP contribution in [0.3, 0.4) is 0 Å². The molecular formula is C21H18F3N5O5S. The Kier molecular flexibility index (Phi) is 5.81. The van der Waals surface area contributed by atoms with Crippen LogP contribution in [0.15, 0.2) is 69.1 Å². The predicted molar refractivity (Wildman–Crippen MR) is 119 cm³/mol. The number of anilines is 2. The highest BCUT2D eigenvalue weighted by atomic mass is 32.2. The van der Waals surface area contributed by atoms with Gasteiger partial charge in [-0.2, -0.15) is 17.9 Å². The number of amides is 1. The van der Waals surface area contributed by atoms with Gasteiger partial charge in [0.25, 0.3) is 11.5 Å². The summed E-state index contributed by atoms with van der Waals surface area (Å²) in [5, 5.41) is 1.90. The molecule has 1 aliphatic heterocycles. The largest absolute Gasteiger partial charge is 0.421 e. The molecular weight excluding hydrogens is 491 g/mol. The first-order chi connectivity index (χ1) is 16.4. The molecule has 5 N–H and O–H groups in total. The average Bonchev–Trinajstić information content (AvgIpc) is 3.07. The number of carbonyl (C=O) groups excluding carboxylic acids is 1. The number of aromatic amines is 1. The topological polar surface area (TPSA) is 156 Å². The fourth-order valence-electron chi connectivity index (χ4n) is 3.80. The van der Waals surface area contributed by atoms with E-state index in [4.69, 9.17) is 5.73 Å². The SMILES string of the molecule is Nc1ccc(S(=O)(=O)NC2(C(F)(F)F)C(=O)Nc3c2c(=O)[nH]c(=O)n3CCc2ccccc2)cc1. The Balaban J connectivity index is 1.87. The Morgan fingerprint density at radius 3 is 2.23 bits per heavy atom. The molecule has 0 bridgehead atoms. The minimum Gasteiger partial charge on any atom is -0.399 e. The standard InChI is InChI=1S/C21H18F3N5O5S/c22-21(23,24)20(28-35(33,34)14-8-6-13(25)7-9-14)15-16(26-18(20)31)29(19(32)27-17(15)30)11-10-12-4-2-1-3-5-12/h1-9,28H,10-11,25H2,(H,26,31)(H,27,30,32). The Labute approximate surface area is 195 Å². The van der Waals surface area contributed by atoms with Gasteiger partial charge in [0.15, 0.2) is 0 Å². The van der Waals surface area contributed by atoms with E-state index in [-0.39, 0.29) is 18.7 Å². The Hall–Kier alpha value is -3.91. The molecule has 1 unspecified atom stereocenters. The van der Waals surface area contributed by atoms with Crippen molar-refractivity contribution in [3.05, 3.63) is 86.6 Å². The number of rotatable bonds is 6. The average molecular weight is 509 g/mol. The lowest BCUT2D eigenvalue weighted by Gasteiger charge is -2.29. The van der Waals surface area contributed by atoms with Gasteiger partial charge >= 0.3 is 11.9 Å². The van der Waals surface area contributed by atoms with E-state index in [1.165, 1.54) is 4.72 Å². The molecule has 0 radical (unpaired) electrons. The van der Waals surface area contributed by atoms with Crippen molar-refractivity contribution < 1.29 is 26.4 Å². The quantitative estimate of drug-likeness (QED) is 0.364. The number of aromatic nitrogens is 2. The predicted octanol–water partition coefficient (Wildman–Crippen LogP) is 1.05. The smallest absolute Gasteiger partial charge is 0.399 e. The minimum atomic E-state index is -5.60. The highest BCUT2D eigenvalue weighted by Gasteiger charge is 2.69. The summed E-state index contributed by atoms with van der Waals surface area (Å²) in [5.41, 5.74) is -1.51. The molecule has 2 aromatic carbocycles. The van der Waals surface area contributed by atoms with Crippen molar-refractivity contribution in [2.24, 2.45) is 0 Å². The van der Waals surface area contributed by atoms with Crippen molar-refractivity contribution in [1.82, 2.24) is 14.3 Å². The second-order valence-electron chi connectivity index (χ2n) is 7.75. The Morgan fingerprint density at radius 1 is 1.00 bits per heavy atom. The molecule has 0 saturated heterocycles. The number of benzene rings is 2. The number of nitrogens with zero attached hydrogens (tertiary/aromatic N) is 1. The van der Waals surface area contributed by atoms with Gasteiger partial charge in [0, 0.05) is 12.2 Å². The molecule has 1 aliphatic rings. The summed E-state index contributed by atoms with van der Waals surface area (Å²) in [4.78, 5) is 39.0. The van der Waals surface area contributed by atoms with Gasteiger partial charge in [-0.1, -0.05) is 30.3 Å². The number of nitrogen functional groups attached to an aromatic ring is 1. The molecule has 1 atom stereocenters. The van der Waals surface area contributed by atoms with Crippen LogP contribution in [-0.2, 0) is 33.3 Å². The molecule has 2 heterocycles. The van der Waals surface area contributed by atoms with Gasteiger partial charge in [0.05, 0.1) is 10.5 Å². The van der Waals surface area contributed by atoms with Gasteiger partial charge in [0.1, 0.15) is 5.82 Å². The van der Waals surface area contributed by atoms with Gasteiger partial charge in [-0.3, -0.25) is 19.1 Å². The summed E-state index contributed by atoms with van der Waals surface area (Å²) in [6.45, 7) is -0.207. The molecule has 14 heteroatoms. The van der Waals surface area contributed by atoms with Crippen LogP contribution in [0, 0.1) is 0 Å². The molecule has 0 fully saturated rings. The van der Waals surface area contributed by atoms with E-state index >= 15 is 0 Å². The van der Waals surface area contributed by atoms with Gasteiger partial charge in [0.2, 0.25) is 15.6 Å². The van der Waals surface area contributed by atoms with Crippen LogP contribution in [-0.4, -0.2) is 30.1 Å². The Morgan fingerprint density at radius 2 is 1.63 bits per heavy atom. The lowest BCUT2D eigenvalue weighted by atomic mass is 9.93. The van der Waals surface area contributed by atoms with Crippen molar-refractivity contribution in [2.45, 2.75) is 29.6 Å². The minimum absolute atomic E-state index is 0.150. The zero-order valence-corrected chi connectivity index (χ0v) is 18.5. The van der Waals surface area contributed by atoms with Crippen LogP contribution >= 0.6 is 0 Å². The molecule has 4 rings (SSSR count). The van der Waals surface area contributed by atoms with Crippen molar-refractivity contribution in [3.8, 4) is 0 Å². The van der Waals surface area contributed by atoms with E-state index in [1.54, 1.807) is 35.3 Å². The summed E-state index contributed by atoms with van der Waals surface area (Å²) in [6, 6.07) is 12.8. The summed E-state index contributed by atoms with van der Waals surface area (Å²) in [6.07, 6.45) is -5.43. The van der Waals surface area contributed by atoms with Crippen LogP contribution in [0.5, 0.6) is 0 Å². The molecule has 184 valence electrons. The zero-order chi connectivity index (χ0) is 25.6. The number of halogens is 3. The van der Waals surface area contributed by atoms with E-state index < -0.39 is 55.2 Å². The van der Waals surface area contributed by atoms with Crippen molar-refractivity contribution in [2.75, 3.05) is 11.1 Å². The van der Waals surface area contributed by atoms with Crippen LogP contribution in [0.2, 0.25) is 0 Å². The number of nitrogens with two attached hydrogens (primary N) is 1. The van der Waals surface area contributed by atoms with Crippen molar-refractivity contribution in [3.63, 3.8) is 0 Å². The second-order valence-corrected chi connectivity index (χ2v) is 9.43. The third-order valence-corrected chi connectivity index (χ3v) is 6.98. The summed E-state index contributed by atoms with van der Waals surface area (Å²) in [7, 11) is -5.00. The first kappa shape index (κ1) is 24.2. The number of carbonyl (C=O) groups is 1. The van der Waals surface area contributed by atoms with E-state index in [0.717, 1.165) is 34.4 Å². The number of sulfonamides is 1.